The number of allylic oxidation sites excluding steroid dienone is 12. The van der Waals surface area contributed by atoms with E-state index in [1.807, 2.05) is 54.7 Å². The molecule has 8 unspecified atom stereocenters. The minimum atomic E-state index is -1.91. The molecule has 2 heterocycles. The van der Waals surface area contributed by atoms with Crippen LogP contribution in [-0.2, 0) is 14.3 Å². The van der Waals surface area contributed by atoms with Gasteiger partial charge < -0.3 is 20.1 Å². The van der Waals surface area contributed by atoms with Crippen molar-refractivity contribution in [2.45, 2.75) is 125 Å². The van der Waals surface area contributed by atoms with Crippen LogP contribution in [0.3, 0.4) is 0 Å². The van der Waals surface area contributed by atoms with Crippen LogP contribution in [0, 0.1) is 5.92 Å². The van der Waals surface area contributed by atoms with E-state index in [2.05, 4.69) is 0 Å². The Bertz CT molecular complexity index is 1240. The Kier molecular flexibility index (Phi) is 21.9. The third-order valence-corrected chi connectivity index (χ3v) is 9.12. The first kappa shape index (κ1) is 44.9. The van der Waals surface area contributed by atoms with Crippen molar-refractivity contribution in [1.29, 1.82) is 0 Å². The minimum absolute atomic E-state index is 0.0153. The summed E-state index contributed by atoms with van der Waals surface area (Å²) in [5.74, 6) is -4.02. The van der Waals surface area contributed by atoms with E-state index in [1.165, 1.54) is 27.3 Å². The number of rotatable bonds is 1. The van der Waals surface area contributed by atoms with Crippen LogP contribution in [-0.4, -0.2) is 138 Å². The third kappa shape index (κ3) is 19.9. The van der Waals surface area contributed by atoms with E-state index in [0.29, 0.717) is 16.7 Å². The fourth-order valence-corrected chi connectivity index (χ4v) is 6.31. The second kappa shape index (κ2) is 24.9. The van der Waals surface area contributed by atoms with Gasteiger partial charge in [-0.1, -0.05) is 48.6 Å². The number of hydrogen-bond acceptors (Lipinski definition) is 11. The molecule has 0 aromatic heterocycles. The Labute approximate surface area is 313 Å². The number of carboxylic acids is 1. The van der Waals surface area contributed by atoms with E-state index in [-0.39, 0.29) is 64.4 Å². The predicted octanol–water partition coefficient (Wildman–Crippen LogP) is 1.81. The zero-order chi connectivity index (χ0) is 37.6. The standard InChI is InChI=1S/C38H56O12.Mg/c39-28-14-12-10-8-6-4-2-1-3-5-7-9-11-13-15-29(40)26-36-33(37(46)47)18-21-38(48,50-36)27-32(43)25-35(45)34(44)17-16-30(41)24-31(42)20-23-49-22-19-28;/h1-13,15,28-36,39-45,48H,14,16-22,24-27H2,(H,46,47);/b3-1+,4-2+,7-5+,8-6+,11-9+,12-10+,15-13+;/t28?,29-,30?,31?,32?,33+,34?,35?,36?,38?;/m0./s1. The number of carboxylic acid groups (broad SMARTS) is 1. The minimum Gasteiger partial charge on any atom is -0.389 e. The fourth-order valence-electron chi connectivity index (χ4n) is 5.84. The van der Waals surface area contributed by atoms with Crippen molar-refractivity contribution in [3.05, 3.63) is 85.1 Å². The molecule has 51 heavy (non-hydrogen) atoms. The van der Waals surface area contributed by atoms with Crippen LogP contribution in [0.1, 0.15) is 70.6 Å². The number of fused-ring (bicyclic) bond motifs is 2. The second-order valence-electron chi connectivity index (χ2n) is 13.2. The van der Waals surface area contributed by atoms with Crippen LogP contribution in [0.4, 0.5) is 0 Å². The maximum atomic E-state index is 11.9. The summed E-state index contributed by atoms with van der Waals surface area (Å²) in [5.41, 5.74) is 0. The molecule has 2 aliphatic heterocycles. The Morgan fingerprint density at radius 3 is 1.92 bits per heavy atom. The zero-order valence-corrected chi connectivity index (χ0v) is 30.6. The van der Waals surface area contributed by atoms with E-state index >= 15 is 0 Å². The predicted molar refractivity (Wildman–Crippen MR) is 194 cm³/mol. The molecule has 282 valence electrons. The summed E-state index contributed by atoms with van der Waals surface area (Å²) in [7, 11) is 0. The van der Waals surface area contributed by atoms with Gasteiger partial charge in [-0.05, 0) is 6.42 Å². The van der Waals surface area contributed by atoms with E-state index in [4.69, 9.17) is 9.47 Å². The molecule has 0 amide bonds. The Hall–Kier alpha value is -2.27. The van der Waals surface area contributed by atoms with Gasteiger partial charge in [0.2, 0.25) is 0 Å². The number of aliphatic hydroxyl groups is 8. The fraction of sp³-hybridized carbons (Fsp3) is 0.579. The molecule has 9 N–H and O–H groups in total. The van der Waals surface area contributed by atoms with Crippen LogP contribution in [0.5, 0.6) is 0 Å². The monoisotopic (exact) mass is 728 g/mol. The number of hydrogen-bond donors (Lipinski definition) is 9. The molecule has 13 heteroatoms. The van der Waals surface area contributed by atoms with Crippen molar-refractivity contribution in [3.8, 4) is 0 Å². The van der Waals surface area contributed by atoms with Crippen LogP contribution in [0.25, 0.3) is 0 Å². The van der Waals surface area contributed by atoms with Crippen LogP contribution in [0.2, 0.25) is 0 Å². The summed E-state index contributed by atoms with van der Waals surface area (Å²) < 4.78 is 12.0. The van der Waals surface area contributed by atoms with Gasteiger partial charge in [-0.25, -0.2) is 0 Å². The molecule has 2 aliphatic rings. The summed E-state index contributed by atoms with van der Waals surface area (Å²) in [5, 5.41) is 94.1. The van der Waals surface area contributed by atoms with E-state index in [0.717, 1.165) is 0 Å². The molecule has 1 fully saturated rings. The molecule has 0 saturated carbocycles. The molecule has 0 aromatic carbocycles. The van der Waals surface area contributed by atoms with Gasteiger partial charge in [-0.15, -0.1) is 0 Å². The summed E-state index contributed by atoms with van der Waals surface area (Å²) in [6.07, 6.45) is 16.7. The molecular weight excluding hydrogens is 673 g/mol. The number of carbonyl (C=O) groups is 1. The number of aliphatic carboxylic acids is 1. The van der Waals surface area contributed by atoms with E-state index in [9.17, 15) is 50.8 Å². The quantitative estimate of drug-likeness (QED) is 0.177. The Balaban J connectivity index is 2.07. The molecule has 0 aromatic rings. The van der Waals surface area contributed by atoms with Gasteiger partial charge >= 0.3 is 197 Å². The van der Waals surface area contributed by atoms with Gasteiger partial charge in [0.05, 0.1) is 18.1 Å². The first-order chi connectivity index (χ1) is 24.3. The zero-order valence-electron chi connectivity index (χ0n) is 29.2. The average molecular weight is 729 g/mol. The van der Waals surface area contributed by atoms with Crippen molar-refractivity contribution < 1.29 is 60.2 Å². The average Bonchev–Trinajstić information content (AvgIpc) is 3.04. The van der Waals surface area contributed by atoms with Crippen molar-refractivity contribution in [2.24, 2.45) is 5.92 Å². The Morgan fingerprint density at radius 2 is 1.29 bits per heavy atom. The third-order valence-electron chi connectivity index (χ3n) is 8.63. The van der Waals surface area contributed by atoms with Gasteiger partial charge in [-0.2, -0.15) is 0 Å². The maximum absolute atomic E-state index is 11.9. The first-order valence-corrected chi connectivity index (χ1v) is 18.4. The molecular formula is C38H56MgO12. The SMILES string of the molecule is O=C(O)[C@@H]1CCC2(O)CC(O)CC(O)C(O)CCC(O)CC(O)C[C](=[Mg])OCCC(O)C/C=C/C=C/C=C/C=C/C=C/C=C/C=C/[C@H](O)CC1O2. The molecule has 10 atom stereocenters. The first-order valence-electron chi connectivity index (χ1n) is 17.6. The van der Waals surface area contributed by atoms with Crippen molar-refractivity contribution in [1.82, 2.24) is 0 Å². The van der Waals surface area contributed by atoms with Crippen LogP contribution < -0.4 is 0 Å². The van der Waals surface area contributed by atoms with Gasteiger partial charge in [0.1, 0.15) is 0 Å². The summed E-state index contributed by atoms with van der Waals surface area (Å²) in [4.78, 5) is 11.9. The van der Waals surface area contributed by atoms with Gasteiger partial charge in [-0.3, -0.25) is 4.79 Å². The van der Waals surface area contributed by atoms with Crippen LogP contribution >= 0.6 is 0 Å². The summed E-state index contributed by atoms with van der Waals surface area (Å²) in [6.45, 7) is 0.279. The van der Waals surface area contributed by atoms with Crippen molar-refractivity contribution in [3.63, 3.8) is 0 Å². The van der Waals surface area contributed by atoms with E-state index in [1.54, 1.807) is 24.3 Å². The molecule has 0 radical (unpaired) electrons. The van der Waals surface area contributed by atoms with Crippen LogP contribution in [0.15, 0.2) is 85.1 Å². The Morgan fingerprint density at radius 1 is 0.686 bits per heavy atom. The molecule has 12 nitrogen and oxygen atoms in total. The number of ether oxygens (including phenoxy) is 2. The normalized spacial score (nSPS) is 39.7. The smallest absolute Gasteiger partial charge is 0.389 e. The molecule has 0 spiro atoms. The van der Waals surface area contributed by atoms with Gasteiger partial charge in [0.25, 0.3) is 0 Å². The number of aliphatic hydroxyl groups excluding tert-OH is 7. The second-order valence-corrected chi connectivity index (χ2v) is 14.0. The molecule has 2 bridgehead atoms. The molecule has 1 saturated heterocycles. The topological polar surface area (TPSA) is 218 Å². The van der Waals surface area contributed by atoms with Gasteiger partial charge in [0.15, 0.2) is 5.79 Å². The van der Waals surface area contributed by atoms with Crippen molar-refractivity contribution >= 4 is 31.0 Å². The van der Waals surface area contributed by atoms with Gasteiger partial charge in [0, 0.05) is 12.8 Å². The molecule has 2 rings (SSSR count). The molecule has 0 aliphatic carbocycles. The summed E-state index contributed by atoms with van der Waals surface area (Å²) in [6, 6.07) is 0. The van der Waals surface area contributed by atoms with Crippen molar-refractivity contribution in [2.75, 3.05) is 6.61 Å². The summed E-state index contributed by atoms with van der Waals surface area (Å²) >= 11 is 1.48. The van der Waals surface area contributed by atoms with E-state index < -0.39 is 66.5 Å².